The second-order valence-electron chi connectivity index (χ2n) is 34.7. The number of nitrogens with zero attached hydrogens (tertiary/aromatic N) is 28. The molecule has 23 rings (SSSR count). The second-order valence-corrected chi connectivity index (χ2v) is 34.7. The molecule has 23 aromatic rings. The van der Waals surface area contributed by atoms with E-state index in [0.717, 1.165) is 233 Å². The third-order valence-electron chi connectivity index (χ3n) is 25.3. The van der Waals surface area contributed by atoms with Gasteiger partial charge in [0.05, 0.1) is 83.6 Å². The number of hydrogen-bond donors (Lipinski definition) is 0. The molecule has 12 heterocycles. The van der Waals surface area contributed by atoms with E-state index >= 15 is 0 Å². The first-order valence-corrected chi connectivity index (χ1v) is 48.4. The molecule has 0 bridgehead atoms. The first kappa shape index (κ1) is 95.4. The van der Waals surface area contributed by atoms with E-state index in [4.69, 9.17) is 60.0 Å². The van der Waals surface area contributed by atoms with Crippen molar-refractivity contribution in [3.63, 3.8) is 0 Å². The van der Waals surface area contributed by atoms with Gasteiger partial charge in [-0.3, -0.25) is 0 Å². The van der Waals surface area contributed by atoms with E-state index in [2.05, 4.69) is 245 Å². The summed E-state index contributed by atoms with van der Waals surface area (Å²) in [5.41, 5.74) is 32.0. The van der Waals surface area contributed by atoms with Crippen molar-refractivity contribution in [1.82, 2.24) is 114 Å². The summed E-state index contributed by atoms with van der Waals surface area (Å²) in [6.07, 6.45) is -1.79. The second kappa shape index (κ2) is 41.5. The maximum atomic E-state index is 13.3. The molecule has 0 unspecified atom stereocenters. The maximum absolute atomic E-state index is 13.3. The lowest BCUT2D eigenvalue weighted by molar-refractivity contribution is -0.141. The SMILES string of the molecule is CCN(CC)c1ccc2nc3c(-c4ccccc4)nn(-c4ccccc4)c3nc2c1.CCN(CC)c1ccc2nc3c(-c4ccccc4)nn(-c4ccccn4)c3nc2c1.CCN(CC)c1ccc2nc3c(-c4ccccc4)nn(-c4nccc(C(F)(F)F)n4)c3nc2c1.CCN(CC)c1ccc2nc3c(C)nn(-c4ccc(C)cc4)c3nc2c1.Cc1ccc(-n2nc(C)c3nc4ccc(N(C)C)cc4nc32)cc1. The minimum Gasteiger partial charge on any atom is -0.378 e. The van der Waals surface area contributed by atoms with Crippen LogP contribution < -0.4 is 24.5 Å². The van der Waals surface area contributed by atoms with Gasteiger partial charge in [0.25, 0.3) is 5.95 Å². The number of pyridine rings is 1. The normalized spacial score (nSPS) is 11.5. The van der Waals surface area contributed by atoms with E-state index < -0.39 is 11.9 Å². The van der Waals surface area contributed by atoms with Crippen LogP contribution >= 0.6 is 0 Å². The fourth-order valence-electron chi connectivity index (χ4n) is 17.6. The highest BCUT2D eigenvalue weighted by molar-refractivity contribution is 5.99. The number of fused-ring (bicyclic) bond motifs is 10. The molecule has 0 N–H and O–H groups in total. The van der Waals surface area contributed by atoms with Gasteiger partial charge < -0.3 is 24.5 Å². The van der Waals surface area contributed by atoms with Crippen LogP contribution in [0.2, 0.25) is 0 Å². The number of rotatable bonds is 21. The molecule has 31 heteroatoms. The first-order chi connectivity index (χ1) is 70.1. The van der Waals surface area contributed by atoms with E-state index in [9.17, 15) is 13.2 Å². The van der Waals surface area contributed by atoms with Gasteiger partial charge in [-0.1, -0.05) is 151 Å². The fraction of sp³-hybridized carbons (Fsp3) is 0.204. The van der Waals surface area contributed by atoms with Gasteiger partial charge in [0.15, 0.2) is 34.1 Å². The molecule has 0 saturated heterocycles. The molecule has 0 amide bonds. The zero-order valence-electron chi connectivity index (χ0n) is 82.6. The molecule has 12 aromatic heterocycles. The third-order valence-corrected chi connectivity index (χ3v) is 25.3. The Morgan fingerprint density at radius 2 is 0.556 bits per heavy atom. The molecule has 0 radical (unpaired) electrons. The zero-order valence-corrected chi connectivity index (χ0v) is 82.6. The van der Waals surface area contributed by atoms with Crippen LogP contribution in [0.25, 0.3) is 174 Å². The summed E-state index contributed by atoms with van der Waals surface area (Å²) in [6.45, 7) is 32.6. The van der Waals surface area contributed by atoms with Gasteiger partial charge in [0, 0.05) is 124 Å². The van der Waals surface area contributed by atoms with Crippen LogP contribution in [0.3, 0.4) is 0 Å². The number of anilines is 5. The number of benzene rings is 11. The molecule has 0 aliphatic carbocycles. The minimum atomic E-state index is -4.61. The maximum Gasteiger partial charge on any atom is 0.433 e. The average Bonchev–Trinajstić information content (AvgIpc) is 2.03. The Labute approximate surface area is 830 Å². The minimum absolute atomic E-state index is 0.226. The Morgan fingerprint density at radius 3 is 0.903 bits per heavy atom. The molecule has 0 atom stereocenters. The fourth-order valence-corrected chi connectivity index (χ4v) is 17.6. The van der Waals surface area contributed by atoms with E-state index in [1.807, 2.05) is 200 Å². The molecular formula is C113H107F3N28. The lowest BCUT2D eigenvalue weighted by Crippen LogP contribution is -2.21. The number of aryl methyl sites for hydroxylation is 4. The molecular weight excluding hydrogens is 1810 g/mol. The van der Waals surface area contributed by atoms with Crippen molar-refractivity contribution in [2.75, 3.05) is 91.0 Å². The highest BCUT2D eigenvalue weighted by Gasteiger charge is 2.34. The van der Waals surface area contributed by atoms with Crippen molar-refractivity contribution in [1.29, 1.82) is 0 Å². The molecule has 720 valence electrons. The largest absolute Gasteiger partial charge is 0.433 e. The molecule has 0 aliphatic heterocycles. The van der Waals surface area contributed by atoms with Crippen LogP contribution in [0.5, 0.6) is 0 Å². The lowest BCUT2D eigenvalue weighted by atomic mass is 10.1. The standard InChI is InChI=1S/C25H23N5.C24H20F3N7.C24H22N6.C21H23N5.C19H19N5/c1-3-29(4-2)20-15-16-21-22(17-20)27-25-24(26-21)23(18-11-7-5-8-12-18)28-30(25)19-13-9-6-10-14-19;1-3-33(4-2)16-10-11-17-18(14-16)30-22-21(29-17)20(15-8-6-5-7-9-15)32-34(22)23-28-13-12-19(31-23)24(25,26)27;1-3-29(4-2)18-13-14-19-20(16-18)27-24-23(26-19)22(17-10-6-5-7-11-17)28-30(24)21-12-8-9-15-25-21;1-5-25(6-2)17-11-12-18-19(13-17)23-21-20(22-18)15(4)24-26(21)16-9-7-14(3)8-10-16;1-12-5-7-14(8-6-12)24-19-18(13(2)22-24)20-16-10-9-15(23(3)4)11-17(16)21-19/h5-17H,3-4H2,1-2H3;5-14H,3-4H2,1-2H3;5-16H,3-4H2,1-2H3;7-13H,5-6H2,1-4H3;5-11H,1-4H3. The quantitative estimate of drug-likeness (QED) is 0.0646. The predicted molar refractivity (Wildman–Crippen MR) is 573 cm³/mol. The molecule has 11 aromatic carbocycles. The molecule has 0 spiro atoms. The van der Waals surface area contributed by atoms with Crippen LogP contribution in [-0.4, -0.2) is 180 Å². The van der Waals surface area contributed by atoms with E-state index in [1.165, 1.54) is 21.5 Å². The predicted octanol–water partition coefficient (Wildman–Crippen LogP) is 23.7. The van der Waals surface area contributed by atoms with Gasteiger partial charge in [-0.25, -0.2) is 78.8 Å². The number of halogens is 3. The van der Waals surface area contributed by atoms with Crippen LogP contribution in [0.1, 0.15) is 83.6 Å². The summed E-state index contributed by atoms with van der Waals surface area (Å²) in [5, 5.41) is 23.7. The van der Waals surface area contributed by atoms with Crippen LogP contribution in [0.4, 0.5) is 41.6 Å². The molecule has 0 saturated carbocycles. The smallest absolute Gasteiger partial charge is 0.378 e. The lowest BCUT2D eigenvalue weighted by Gasteiger charge is -2.21. The molecule has 144 heavy (non-hydrogen) atoms. The van der Waals surface area contributed by atoms with E-state index in [1.54, 1.807) is 10.9 Å². The number of aromatic nitrogens is 23. The van der Waals surface area contributed by atoms with E-state index in [-0.39, 0.29) is 11.6 Å². The summed E-state index contributed by atoms with van der Waals surface area (Å²) in [6, 6.07) is 93.6. The van der Waals surface area contributed by atoms with Crippen molar-refractivity contribution in [3.05, 3.63) is 326 Å². The molecule has 0 aliphatic rings. The first-order valence-electron chi connectivity index (χ1n) is 48.4. The Bertz CT molecular complexity index is 8310. The topological polar surface area (TPSA) is 273 Å². The zero-order chi connectivity index (χ0) is 100.0. The summed E-state index contributed by atoms with van der Waals surface area (Å²) >= 11 is 0. The Morgan fingerprint density at radius 1 is 0.257 bits per heavy atom. The summed E-state index contributed by atoms with van der Waals surface area (Å²) in [4.78, 5) is 72.3. The average molecular weight is 1910 g/mol. The van der Waals surface area contributed by atoms with Gasteiger partial charge in [-0.2, -0.15) is 48.0 Å². The molecule has 28 nitrogen and oxygen atoms in total. The Balaban J connectivity index is 0.000000114. The van der Waals surface area contributed by atoms with Crippen LogP contribution in [0.15, 0.2) is 298 Å². The highest BCUT2D eigenvalue weighted by atomic mass is 19.4. The van der Waals surface area contributed by atoms with Crippen molar-refractivity contribution in [3.8, 4) is 62.6 Å². The van der Waals surface area contributed by atoms with Crippen molar-refractivity contribution < 1.29 is 13.2 Å². The highest BCUT2D eigenvalue weighted by Crippen LogP contribution is 2.38. The summed E-state index contributed by atoms with van der Waals surface area (Å²) in [7, 11) is 4.04. The number of alkyl halides is 3. The summed E-state index contributed by atoms with van der Waals surface area (Å²) in [5.74, 6) is 0.494. The number of para-hydroxylation sites is 1. The van der Waals surface area contributed by atoms with Gasteiger partial charge >= 0.3 is 6.18 Å². The molecule has 0 fully saturated rings. The third kappa shape index (κ3) is 19.6. The van der Waals surface area contributed by atoms with Gasteiger partial charge in [0.1, 0.15) is 50.4 Å². The van der Waals surface area contributed by atoms with Crippen LogP contribution in [-0.2, 0) is 6.18 Å². The van der Waals surface area contributed by atoms with Gasteiger partial charge in [-0.05, 0) is 229 Å². The van der Waals surface area contributed by atoms with Gasteiger partial charge in [0.2, 0.25) is 0 Å². The van der Waals surface area contributed by atoms with Crippen LogP contribution in [0, 0.1) is 27.7 Å². The van der Waals surface area contributed by atoms with E-state index in [0.29, 0.717) is 27.9 Å². The number of hydrogen-bond acceptors (Lipinski definition) is 23. The monoisotopic (exact) mass is 1910 g/mol. The van der Waals surface area contributed by atoms with Crippen molar-refractivity contribution in [2.24, 2.45) is 0 Å². The van der Waals surface area contributed by atoms with Crippen molar-refractivity contribution >= 4 is 139 Å². The van der Waals surface area contributed by atoms with Gasteiger partial charge in [-0.15, -0.1) is 0 Å². The van der Waals surface area contributed by atoms with Crippen molar-refractivity contribution in [2.45, 2.75) is 89.3 Å². The summed E-state index contributed by atoms with van der Waals surface area (Å²) < 4.78 is 48.6. The Kier molecular flexibility index (Phi) is 27.5. The Hall–Kier alpha value is -17.5.